The van der Waals surface area contributed by atoms with E-state index in [1.165, 1.54) is 0 Å². The predicted molar refractivity (Wildman–Crippen MR) is 196 cm³/mol. The van der Waals surface area contributed by atoms with Crippen molar-refractivity contribution in [3.05, 3.63) is 85.5 Å². The maximum absolute atomic E-state index is 14.8. The number of carbonyl (C=O) groups excluding carboxylic acids is 4. The third kappa shape index (κ3) is 7.74. The number of aliphatic hydroxyl groups is 1. The molecule has 11 nitrogen and oxygen atoms in total. The first-order valence-electron chi connectivity index (χ1n) is 18.2. The molecule has 3 heterocycles. The van der Waals surface area contributed by atoms with E-state index in [0.29, 0.717) is 43.4 Å². The van der Waals surface area contributed by atoms with Gasteiger partial charge in [0.05, 0.1) is 24.5 Å². The van der Waals surface area contributed by atoms with Gasteiger partial charge in [-0.2, -0.15) is 0 Å². The van der Waals surface area contributed by atoms with Gasteiger partial charge in [0.25, 0.3) is 5.91 Å². The van der Waals surface area contributed by atoms with Crippen LogP contribution in [0.1, 0.15) is 64.0 Å². The average Bonchev–Trinajstić information content (AvgIpc) is 3.79. The highest BCUT2D eigenvalue weighted by atomic mass is 16.6. The second kappa shape index (κ2) is 17.2. The van der Waals surface area contributed by atoms with Crippen LogP contribution < -0.4 is 15.1 Å². The number of rotatable bonds is 19. The smallest absolute Gasteiger partial charge is 0.313 e. The molecule has 0 aromatic heterocycles. The molecule has 0 saturated carbocycles. The largest absolute Gasteiger partial charge is 0.455 e. The predicted octanol–water partition coefficient (Wildman–Crippen LogP) is 4.57. The number of aliphatic hydroxyl groups excluding tert-OH is 1. The fourth-order valence-corrected chi connectivity index (χ4v) is 8.01. The Labute approximate surface area is 301 Å². The molecule has 3 aliphatic heterocycles. The normalized spacial score (nSPS) is 23.7. The lowest BCUT2D eigenvalue weighted by Crippen LogP contribution is -2.56. The minimum Gasteiger partial charge on any atom is -0.455 e. The van der Waals surface area contributed by atoms with Gasteiger partial charge in [-0.25, -0.2) is 0 Å². The number of ether oxygens (including phenoxy) is 2. The first kappa shape index (κ1) is 37.8. The molecular weight excluding hydrogens is 648 g/mol. The van der Waals surface area contributed by atoms with E-state index in [1.807, 2.05) is 54.6 Å². The standard InChI is InChI=1S/C40H52N4O7/c1-5-9-17-33(46)41-27-32(28-15-11-10-12-16-28)50-39(49)34-31-22-23-40(51-31)35(34)37(47)44(25-13-14-26-45)36(40)38(48)43(24-6-2)30-20-18-29(19-21-30)42(7-3)8-4/h5-6,10-12,15-16,18-21,31-32,34-36,45H,1-2,7-9,13-14,17,22-27H2,3-4H3,(H,41,46)/t31-,32-,34+,35+,36-,40+/m0/s1. The molecule has 2 aromatic carbocycles. The van der Waals surface area contributed by atoms with Gasteiger partial charge >= 0.3 is 5.97 Å². The zero-order valence-electron chi connectivity index (χ0n) is 29.9. The summed E-state index contributed by atoms with van der Waals surface area (Å²) in [5.74, 6) is -3.24. The van der Waals surface area contributed by atoms with Crippen LogP contribution in [-0.2, 0) is 28.7 Å². The summed E-state index contributed by atoms with van der Waals surface area (Å²) in [4.78, 5) is 61.4. The molecule has 0 unspecified atom stereocenters. The molecule has 51 heavy (non-hydrogen) atoms. The van der Waals surface area contributed by atoms with E-state index in [2.05, 4.69) is 37.2 Å². The van der Waals surface area contributed by atoms with Gasteiger partial charge in [0.15, 0.2) is 0 Å². The van der Waals surface area contributed by atoms with E-state index in [4.69, 9.17) is 9.47 Å². The van der Waals surface area contributed by atoms with Gasteiger partial charge in [-0.3, -0.25) is 19.2 Å². The van der Waals surface area contributed by atoms with E-state index in [1.54, 1.807) is 22.0 Å². The van der Waals surface area contributed by atoms with Crippen LogP contribution in [-0.4, -0.2) is 90.8 Å². The first-order chi connectivity index (χ1) is 24.7. The number of benzene rings is 2. The molecule has 11 heteroatoms. The van der Waals surface area contributed by atoms with Crippen molar-refractivity contribution in [2.24, 2.45) is 11.8 Å². The molecule has 1 spiro atoms. The highest BCUT2D eigenvalue weighted by Gasteiger charge is 2.75. The van der Waals surface area contributed by atoms with Crippen molar-refractivity contribution in [3.8, 4) is 0 Å². The third-order valence-corrected chi connectivity index (χ3v) is 10.5. The number of allylic oxidation sites excluding steroid dienone is 1. The maximum Gasteiger partial charge on any atom is 0.313 e. The summed E-state index contributed by atoms with van der Waals surface area (Å²) in [6.45, 7) is 13.9. The van der Waals surface area contributed by atoms with Gasteiger partial charge in [-0.05, 0) is 75.8 Å². The first-order valence-corrected chi connectivity index (χ1v) is 18.2. The summed E-state index contributed by atoms with van der Waals surface area (Å²) in [5, 5.41) is 12.4. The second-order valence-corrected chi connectivity index (χ2v) is 13.4. The lowest BCUT2D eigenvalue weighted by Gasteiger charge is -2.37. The van der Waals surface area contributed by atoms with Gasteiger partial charge in [-0.1, -0.05) is 42.5 Å². The Hall–Kier alpha value is -4.48. The van der Waals surface area contributed by atoms with E-state index in [9.17, 15) is 24.3 Å². The summed E-state index contributed by atoms with van der Waals surface area (Å²) >= 11 is 0. The second-order valence-electron chi connectivity index (χ2n) is 13.4. The van der Waals surface area contributed by atoms with Crippen LogP contribution in [0.5, 0.6) is 0 Å². The number of amides is 3. The fourth-order valence-electron chi connectivity index (χ4n) is 8.01. The number of likely N-dealkylation sites (tertiary alicyclic amines) is 1. The zero-order chi connectivity index (χ0) is 36.5. The van der Waals surface area contributed by atoms with Gasteiger partial charge in [0, 0.05) is 50.6 Å². The van der Waals surface area contributed by atoms with Crippen LogP contribution in [0.4, 0.5) is 11.4 Å². The van der Waals surface area contributed by atoms with Crippen molar-refractivity contribution in [2.75, 3.05) is 49.1 Å². The number of esters is 1. The van der Waals surface area contributed by atoms with E-state index in [0.717, 1.165) is 18.8 Å². The molecule has 274 valence electrons. The van der Waals surface area contributed by atoms with Gasteiger partial charge in [0.2, 0.25) is 11.8 Å². The Morgan fingerprint density at radius 3 is 2.41 bits per heavy atom. The summed E-state index contributed by atoms with van der Waals surface area (Å²) < 4.78 is 12.8. The molecule has 6 atom stereocenters. The summed E-state index contributed by atoms with van der Waals surface area (Å²) in [5.41, 5.74) is 1.20. The van der Waals surface area contributed by atoms with E-state index in [-0.39, 0.29) is 50.4 Å². The monoisotopic (exact) mass is 700 g/mol. The molecule has 0 aliphatic carbocycles. The topological polar surface area (TPSA) is 129 Å². The fraction of sp³-hybridized carbons (Fsp3) is 0.500. The Balaban J connectivity index is 1.44. The lowest BCUT2D eigenvalue weighted by molar-refractivity contribution is -0.160. The number of nitrogens with one attached hydrogen (secondary N) is 1. The number of anilines is 2. The third-order valence-electron chi connectivity index (χ3n) is 10.5. The van der Waals surface area contributed by atoms with Crippen molar-refractivity contribution in [2.45, 2.75) is 76.2 Å². The average molecular weight is 701 g/mol. The number of hydrogen-bond donors (Lipinski definition) is 2. The van der Waals surface area contributed by atoms with Crippen LogP contribution in [0.15, 0.2) is 79.9 Å². The molecule has 2 aromatic rings. The van der Waals surface area contributed by atoms with Crippen LogP contribution in [0.25, 0.3) is 0 Å². The number of carbonyl (C=O) groups is 4. The molecule has 0 radical (unpaired) electrons. The molecule has 3 amide bonds. The quantitative estimate of drug-likeness (QED) is 0.124. The van der Waals surface area contributed by atoms with Crippen LogP contribution >= 0.6 is 0 Å². The lowest BCUT2D eigenvalue weighted by atomic mass is 9.70. The molecule has 2 N–H and O–H groups in total. The van der Waals surface area contributed by atoms with Crippen LogP contribution in [0, 0.1) is 11.8 Å². The molecular formula is C40H52N4O7. The zero-order valence-corrected chi connectivity index (χ0v) is 29.9. The molecule has 3 saturated heterocycles. The van der Waals surface area contributed by atoms with Crippen LogP contribution in [0.3, 0.4) is 0 Å². The molecule has 3 fully saturated rings. The Morgan fingerprint density at radius 1 is 1.06 bits per heavy atom. The Morgan fingerprint density at radius 2 is 1.76 bits per heavy atom. The Bertz CT molecular complexity index is 1550. The van der Waals surface area contributed by atoms with Gasteiger partial charge in [-0.15, -0.1) is 13.2 Å². The molecule has 3 aliphatic rings. The summed E-state index contributed by atoms with van der Waals surface area (Å²) in [6, 6.07) is 16.0. The Kier molecular flexibility index (Phi) is 12.7. The van der Waals surface area contributed by atoms with Gasteiger partial charge < -0.3 is 34.6 Å². The minimum absolute atomic E-state index is 0.0464. The van der Waals surface area contributed by atoms with E-state index >= 15 is 0 Å². The number of hydrogen-bond acceptors (Lipinski definition) is 8. The van der Waals surface area contributed by atoms with Crippen molar-refractivity contribution in [1.29, 1.82) is 0 Å². The minimum atomic E-state index is -1.22. The number of fused-ring (bicyclic) bond motifs is 1. The number of unbranched alkanes of at least 4 members (excludes halogenated alkanes) is 1. The van der Waals surface area contributed by atoms with Gasteiger partial charge in [0.1, 0.15) is 17.7 Å². The summed E-state index contributed by atoms with van der Waals surface area (Å²) in [6.07, 6.45) is 4.59. The molecule has 5 rings (SSSR count). The highest BCUT2D eigenvalue weighted by molar-refractivity contribution is 6.04. The van der Waals surface area contributed by atoms with Crippen molar-refractivity contribution in [3.63, 3.8) is 0 Å². The van der Waals surface area contributed by atoms with Crippen LogP contribution in [0.2, 0.25) is 0 Å². The van der Waals surface area contributed by atoms with Crippen molar-refractivity contribution >= 4 is 35.1 Å². The highest BCUT2D eigenvalue weighted by Crippen LogP contribution is 2.59. The van der Waals surface area contributed by atoms with E-state index < -0.39 is 41.7 Å². The SMILES string of the molecule is C=CCCC(=O)NC[C@H](OC(=O)[C@@H]1[C@@H]2CC[C@]3(O2)[C@H](C(=O)N(CC=C)c2ccc(N(CC)CC)cc2)N(CCCCO)C(=O)[C@@H]13)c1ccccc1. The van der Waals surface area contributed by atoms with Crippen molar-refractivity contribution < 1.29 is 33.8 Å². The summed E-state index contributed by atoms with van der Waals surface area (Å²) in [7, 11) is 0. The molecule has 2 bridgehead atoms. The number of nitrogens with zero attached hydrogens (tertiary/aromatic N) is 3. The maximum atomic E-state index is 14.8. The van der Waals surface area contributed by atoms with Crippen molar-refractivity contribution in [1.82, 2.24) is 10.2 Å².